The summed E-state index contributed by atoms with van der Waals surface area (Å²) in [6, 6.07) is 24.6. The summed E-state index contributed by atoms with van der Waals surface area (Å²) in [6.45, 7) is 1.69. The van der Waals surface area contributed by atoms with Crippen LogP contribution in [0.1, 0.15) is 0 Å². The molecule has 1 N–H and O–H groups in total. The lowest BCUT2D eigenvalue weighted by atomic mass is 10.1. The fraction of sp³-hybridized carbons (Fsp3) is 0.100. The lowest BCUT2D eigenvalue weighted by molar-refractivity contribution is 0.753. The molecule has 0 radical (unpaired) electrons. The van der Waals surface area contributed by atoms with Gasteiger partial charge in [0.2, 0.25) is 0 Å². The van der Waals surface area contributed by atoms with E-state index in [4.69, 9.17) is 0 Å². The largest absolute Gasteiger partial charge is 0.367 e. The number of fused-ring (bicyclic) bond motifs is 1. The average molecular weight is 314 g/mol. The van der Waals surface area contributed by atoms with E-state index in [1.165, 1.54) is 10.9 Å². The number of nitrogens with one attached hydrogen (secondary N) is 1. The number of nitrogens with zero attached hydrogens (tertiary/aromatic N) is 3. The predicted octanol–water partition coefficient (Wildman–Crippen LogP) is 4.21. The Balaban J connectivity index is 1.39. The molecule has 4 heteroatoms. The molecule has 2 aromatic heterocycles. The van der Waals surface area contributed by atoms with Gasteiger partial charge in [-0.2, -0.15) is 0 Å². The van der Waals surface area contributed by atoms with E-state index in [1.54, 1.807) is 0 Å². The van der Waals surface area contributed by atoms with Gasteiger partial charge in [0.15, 0.2) is 0 Å². The minimum atomic E-state index is 0.797. The van der Waals surface area contributed by atoms with Gasteiger partial charge in [-0.15, -0.1) is 10.2 Å². The molecule has 0 spiro atoms. The van der Waals surface area contributed by atoms with Crippen molar-refractivity contribution >= 4 is 16.7 Å². The topological polar surface area (TPSA) is 42.7 Å². The maximum Gasteiger partial charge on any atom is 0.148 e. The summed E-state index contributed by atoms with van der Waals surface area (Å²) in [7, 11) is 0. The van der Waals surface area contributed by atoms with Gasteiger partial charge >= 0.3 is 0 Å². The van der Waals surface area contributed by atoms with Crippen LogP contribution in [0, 0.1) is 0 Å². The molecule has 118 valence electrons. The van der Waals surface area contributed by atoms with E-state index in [0.717, 1.165) is 30.2 Å². The van der Waals surface area contributed by atoms with Crippen LogP contribution < -0.4 is 5.32 Å². The average Bonchev–Trinajstić information content (AvgIpc) is 3.06. The first-order chi connectivity index (χ1) is 11.9. The van der Waals surface area contributed by atoms with E-state index in [2.05, 4.69) is 56.6 Å². The Labute approximate surface area is 140 Å². The second kappa shape index (κ2) is 6.54. The molecule has 0 bridgehead atoms. The molecule has 4 nitrogen and oxygen atoms in total. The third-order valence-corrected chi connectivity index (χ3v) is 4.07. The molecular weight excluding hydrogens is 296 g/mol. The molecule has 0 atom stereocenters. The van der Waals surface area contributed by atoms with Crippen molar-refractivity contribution in [2.24, 2.45) is 0 Å². The number of rotatable bonds is 5. The molecule has 0 fully saturated rings. The highest BCUT2D eigenvalue weighted by Gasteiger charge is 2.02. The number of aromatic nitrogens is 3. The highest BCUT2D eigenvalue weighted by atomic mass is 15.2. The maximum absolute atomic E-state index is 4.30. The molecule has 4 rings (SSSR count). The van der Waals surface area contributed by atoms with Crippen molar-refractivity contribution in [2.75, 3.05) is 11.9 Å². The highest BCUT2D eigenvalue weighted by Crippen LogP contribution is 2.17. The van der Waals surface area contributed by atoms with Gasteiger partial charge < -0.3 is 9.88 Å². The summed E-state index contributed by atoms with van der Waals surface area (Å²) < 4.78 is 2.24. The summed E-state index contributed by atoms with van der Waals surface area (Å²) in [5.41, 5.74) is 3.22. The van der Waals surface area contributed by atoms with Gasteiger partial charge in [0.05, 0.1) is 5.69 Å². The van der Waals surface area contributed by atoms with Crippen LogP contribution in [0.2, 0.25) is 0 Å². The Bertz CT molecular complexity index is 927. The smallest absolute Gasteiger partial charge is 0.148 e. The van der Waals surface area contributed by atoms with Crippen molar-refractivity contribution in [1.29, 1.82) is 0 Å². The summed E-state index contributed by atoms with van der Waals surface area (Å²) in [5.74, 6) is 0.797. The van der Waals surface area contributed by atoms with E-state index in [9.17, 15) is 0 Å². The van der Waals surface area contributed by atoms with Crippen molar-refractivity contribution in [3.05, 3.63) is 79.0 Å². The first-order valence-electron chi connectivity index (χ1n) is 8.07. The minimum absolute atomic E-state index is 0.797. The fourth-order valence-corrected chi connectivity index (χ4v) is 2.83. The first-order valence-corrected chi connectivity index (χ1v) is 8.07. The zero-order valence-electron chi connectivity index (χ0n) is 13.3. The second-order valence-corrected chi connectivity index (χ2v) is 5.66. The quantitative estimate of drug-likeness (QED) is 0.600. The van der Waals surface area contributed by atoms with Crippen LogP contribution in [0.4, 0.5) is 5.82 Å². The molecule has 0 saturated heterocycles. The summed E-state index contributed by atoms with van der Waals surface area (Å²) in [4.78, 5) is 0. The normalized spacial score (nSPS) is 10.8. The first kappa shape index (κ1) is 14.5. The SMILES string of the molecule is c1ccc(-c2ccc(NCCn3ccc4ccccc43)nn2)cc1. The minimum Gasteiger partial charge on any atom is -0.367 e. The Morgan fingerprint density at radius 1 is 0.792 bits per heavy atom. The zero-order valence-corrected chi connectivity index (χ0v) is 13.3. The van der Waals surface area contributed by atoms with Crippen molar-refractivity contribution in [3.63, 3.8) is 0 Å². The molecule has 0 unspecified atom stereocenters. The fourth-order valence-electron chi connectivity index (χ4n) is 2.83. The standard InChI is InChI=1S/C20H18N4/c1-2-6-16(7-3-1)18-10-11-20(23-22-18)21-13-15-24-14-12-17-8-4-5-9-19(17)24/h1-12,14H,13,15H2,(H,21,23). The Morgan fingerprint density at radius 2 is 1.62 bits per heavy atom. The van der Waals surface area contributed by atoms with Crippen molar-refractivity contribution in [1.82, 2.24) is 14.8 Å². The second-order valence-electron chi connectivity index (χ2n) is 5.66. The molecular formula is C20H18N4. The summed E-state index contributed by atoms with van der Waals surface area (Å²) in [6.07, 6.45) is 2.12. The molecule has 0 aliphatic carbocycles. The van der Waals surface area contributed by atoms with E-state index < -0.39 is 0 Å². The van der Waals surface area contributed by atoms with Crippen LogP contribution >= 0.6 is 0 Å². The van der Waals surface area contributed by atoms with Gasteiger partial charge in [0, 0.05) is 30.4 Å². The van der Waals surface area contributed by atoms with Gasteiger partial charge in [-0.1, -0.05) is 48.5 Å². The van der Waals surface area contributed by atoms with Gasteiger partial charge in [-0.3, -0.25) is 0 Å². The van der Waals surface area contributed by atoms with Crippen LogP contribution in [0.5, 0.6) is 0 Å². The van der Waals surface area contributed by atoms with Crippen molar-refractivity contribution in [2.45, 2.75) is 6.54 Å². The van der Waals surface area contributed by atoms with Gasteiger partial charge in [-0.05, 0) is 29.7 Å². The van der Waals surface area contributed by atoms with Crippen LogP contribution in [-0.4, -0.2) is 21.3 Å². The van der Waals surface area contributed by atoms with Crippen molar-refractivity contribution in [3.8, 4) is 11.3 Å². The van der Waals surface area contributed by atoms with Crippen LogP contribution in [0.25, 0.3) is 22.2 Å². The van der Waals surface area contributed by atoms with Crippen molar-refractivity contribution < 1.29 is 0 Å². The molecule has 24 heavy (non-hydrogen) atoms. The number of hydrogen-bond acceptors (Lipinski definition) is 3. The number of para-hydroxylation sites is 1. The third-order valence-electron chi connectivity index (χ3n) is 4.07. The Kier molecular flexibility index (Phi) is 3.94. The van der Waals surface area contributed by atoms with E-state index in [1.807, 2.05) is 42.5 Å². The van der Waals surface area contributed by atoms with E-state index >= 15 is 0 Å². The predicted molar refractivity (Wildman–Crippen MR) is 97.9 cm³/mol. The van der Waals surface area contributed by atoms with Crippen LogP contribution in [-0.2, 0) is 6.54 Å². The molecule has 0 saturated carbocycles. The van der Waals surface area contributed by atoms with Gasteiger partial charge in [0.25, 0.3) is 0 Å². The zero-order chi connectivity index (χ0) is 16.2. The van der Waals surface area contributed by atoms with E-state index in [0.29, 0.717) is 0 Å². The lowest BCUT2D eigenvalue weighted by Gasteiger charge is -2.08. The van der Waals surface area contributed by atoms with Gasteiger partial charge in [0.1, 0.15) is 5.82 Å². The summed E-state index contributed by atoms with van der Waals surface area (Å²) >= 11 is 0. The molecule has 2 heterocycles. The molecule has 4 aromatic rings. The monoisotopic (exact) mass is 314 g/mol. The molecule has 0 amide bonds. The number of anilines is 1. The number of benzene rings is 2. The Morgan fingerprint density at radius 3 is 2.46 bits per heavy atom. The number of hydrogen-bond donors (Lipinski definition) is 1. The van der Waals surface area contributed by atoms with E-state index in [-0.39, 0.29) is 0 Å². The maximum atomic E-state index is 4.30. The molecule has 0 aliphatic heterocycles. The highest BCUT2D eigenvalue weighted by molar-refractivity contribution is 5.79. The van der Waals surface area contributed by atoms with Gasteiger partial charge in [-0.25, -0.2) is 0 Å². The van der Waals surface area contributed by atoms with Crippen LogP contribution in [0.3, 0.4) is 0 Å². The molecule has 2 aromatic carbocycles. The lowest BCUT2D eigenvalue weighted by Crippen LogP contribution is -2.11. The molecule has 0 aliphatic rings. The third kappa shape index (κ3) is 2.99. The van der Waals surface area contributed by atoms with Crippen LogP contribution in [0.15, 0.2) is 79.0 Å². The summed E-state index contributed by atoms with van der Waals surface area (Å²) in [5, 5.41) is 13.2. The Hall–Kier alpha value is -3.14.